The molecule has 0 aliphatic heterocycles. The van der Waals surface area contributed by atoms with Crippen LogP contribution in [0.3, 0.4) is 0 Å². The van der Waals surface area contributed by atoms with E-state index in [4.69, 9.17) is 0 Å². The Bertz CT molecular complexity index is 1870. The van der Waals surface area contributed by atoms with Crippen LogP contribution in [0.2, 0.25) is 0 Å². The van der Waals surface area contributed by atoms with Crippen LogP contribution < -0.4 is 4.57 Å². The molecular weight excluding hydrogens is 376 g/mol. The summed E-state index contributed by atoms with van der Waals surface area (Å²) < 4.78 is 4.87. The van der Waals surface area contributed by atoms with Crippen molar-refractivity contribution in [2.45, 2.75) is 20.8 Å². The largest absolute Gasteiger partial charge is 0.307 e. The predicted molar refractivity (Wildman–Crippen MR) is 132 cm³/mol. The lowest BCUT2D eigenvalue weighted by molar-refractivity contribution is -0.643. The molecule has 0 aliphatic rings. The standard InChI is InChI=1S/C29H23N2/c1-16-15-17(2)27-24(18(16)3)28-26-21(13-14-30(28)4)19-9-5-6-10-20(19)25-22-11-7-8-12-23(22)31(27)29(25)26/h5-15H,1-4H3/q+1. The molecular formula is C29H23N2+. The normalized spacial score (nSPS) is 12.5. The van der Waals surface area contributed by atoms with Crippen LogP contribution in [0.15, 0.2) is 66.9 Å². The molecule has 0 radical (unpaired) electrons. The number of nitrogens with zero attached hydrogens (tertiary/aromatic N) is 2. The number of pyridine rings is 2. The lowest BCUT2D eigenvalue weighted by atomic mass is 9.92. The van der Waals surface area contributed by atoms with Gasteiger partial charge in [-0.15, -0.1) is 0 Å². The van der Waals surface area contributed by atoms with Gasteiger partial charge in [-0.25, -0.2) is 4.57 Å². The van der Waals surface area contributed by atoms with Crippen molar-refractivity contribution in [3.05, 3.63) is 83.6 Å². The maximum absolute atomic E-state index is 2.55. The summed E-state index contributed by atoms with van der Waals surface area (Å²) >= 11 is 0. The molecule has 0 aliphatic carbocycles. The molecule has 3 aromatic heterocycles. The van der Waals surface area contributed by atoms with Crippen molar-refractivity contribution in [2.24, 2.45) is 7.05 Å². The zero-order valence-electron chi connectivity index (χ0n) is 18.2. The summed E-state index contributed by atoms with van der Waals surface area (Å²) in [7, 11) is 2.19. The van der Waals surface area contributed by atoms with Crippen LogP contribution in [-0.4, -0.2) is 4.40 Å². The second kappa shape index (κ2) is 5.53. The summed E-state index contributed by atoms with van der Waals surface area (Å²) in [5.41, 5.74) is 9.36. The van der Waals surface area contributed by atoms with Gasteiger partial charge in [-0.05, 0) is 54.3 Å². The molecule has 31 heavy (non-hydrogen) atoms. The van der Waals surface area contributed by atoms with E-state index in [-0.39, 0.29) is 0 Å². The van der Waals surface area contributed by atoms with E-state index in [2.05, 4.69) is 104 Å². The monoisotopic (exact) mass is 399 g/mol. The van der Waals surface area contributed by atoms with E-state index in [9.17, 15) is 0 Å². The Labute approximate surface area is 180 Å². The molecule has 2 heteroatoms. The quantitative estimate of drug-likeness (QED) is 0.149. The number of hydrogen-bond acceptors (Lipinski definition) is 0. The molecule has 0 saturated heterocycles. The third kappa shape index (κ3) is 1.87. The molecule has 2 nitrogen and oxygen atoms in total. The third-order valence-electron chi connectivity index (χ3n) is 7.39. The van der Waals surface area contributed by atoms with Crippen molar-refractivity contribution in [1.29, 1.82) is 0 Å². The van der Waals surface area contributed by atoms with Crippen LogP contribution in [-0.2, 0) is 7.05 Å². The molecule has 3 heterocycles. The first kappa shape index (κ1) is 17.1. The fourth-order valence-corrected chi connectivity index (χ4v) is 5.98. The Kier molecular flexibility index (Phi) is 3.04. The Morgan fingerprint density at radius 3 is 2.13 bits per heavy atom. The van der Waals surface area contributed by atoms with Crippen LogP contribution in [0.4, 0.5) is 0 Å². The van der Waals surface area contributed by atoms with E-state index in [1.165, 1.54) is 76.5 Å². The van der Waals surface area contributed by atoms with Crippen molar-refractivity contribution < 1.29 is 4.57 Å². The first-order valence-corrected chi connectivity index (χ1v) is 11.0. The maximum Gasteiger partial charge on any atom is 0.224 e. The van der Waals surface area contributed by atoms with Gasteiger partial charge in [0, 0.05) is 22.2 Å². The molecule has 148 valence electrons. The average Bonchev–Trinajstić information content (AvgIpc) is 3.13. The lowest BCUT2D eigenvalue weighted by Crippen LogP contribution is -2.29. The van der Waals surface area contributed by atoms with Gasteiger partial charge < -0.3 is 4.40 Å². The van der Waals surface area contributed by atoms with Crippen LogP contribution >= 0.6 is 0 Å². The van der Waals surface area contributed by atoms with E-state index in [0.717, 1.165) is 0 Å². The van der Waals surface area contributed by atoms with Gasteiger partial charge >= 0.3 is 0 Å². The van der Waals surface area contributed by atoms with Crippen molar-refractivity contribution in [1.82, 2.24) is 4.40 Å². The van der Waals surface area contributed by atoms with E-state index < -0.39 is 0 Å². The van der Waals surface area contributed by atoms with Crippen LogP contribution in [0.5, 0.6) is 0 Å². The van der Waals surface area contributed by atoms with Gasteiger partial charge in [-0.2, -0.15) is 0 Å². The maximum atomic E-state index is 2.55. The zero-order valence-corrected chi connectivity index (χ0v) is 18.2. The van der Waals surface area contributed by atoms with E-state index in [1.807, 2.05) is 0 Å². The van der Waals surface area contributed by atoms with Gasteiger partial charge in [0.2, 0.25) is 5.52 Å². The second-order valence-electron chi connectivity index (χ2n) is 9.04. The van der Waals surface area contributed by atoms with Crippen LogP contribution in [0.25, 0.3) is 59.8 Å². The summed E-state index contributed by atoms with van der Waals surface area (Å²) in [6.45, 7) is 6.78. The number of rotatable bonds is 0. The van der Waals surface area contributed by atoms with E-state index >= 15 is 0 Å². The average molecular weight is 400 g/mol. The number of benzene rings is 4. The van der Waals surface area contributed by atoms with Crippen molar-refractivity contribution in [3.63, 3.8) is 0 Å². The van der Waals surface area contributed by atoms with Crippen molar-refractivity contribution in [3.8, 4) is 0 Å². The van der Waals surface area contributed by atoms with Crippen LogP contribution in [0, 0.1) is 20.8 Å². The molecule has 0 spiro atoms. The fourth-order valence-electron chi connectivity index (χ4n) is 5.98. The SMILES string of the molecule is Cc1cc(C)c2c(c1C)c1c3c(cc[n+]1C)c1ccccc1c1c4ccccc4n2c13. The molecule has 0 unspecified atom stereocenters. The van der Waals surface area contributed by atoms with Gasteiger partial charge in [-0.1, -0.05) is 48.5 Å². The summed E-state index contributed by atoms with van der Waals surface area (Å²) in [5, 5.41) is 9.45. The fraction of sp³-hybridized carbons (Fsp3) is 0.138. The Hall–Kier alpha value is -3.65. The van der Waals surface area contributed by atoms with Gasteiger partial charge in [-0.3, -0.25) is 0 Å². The first-order valence-electron chi connectivity index (χ1n) is 11.0. The summed E-state index contributed by atoms with van der Waals surface area (Å²) in [6, 6.07) is 22.5. The minimum atomic E-state index is 1.29. The molecule has 7 aromatic rings. The lowest BCUT2D eigenvalue weighted by Gasteiger charge is -2.17. The highest BCUT2D eigenvalue weighted by Crippen LogP contribution is 2.45. The highest BCUT2D eigenvalue weighted by atomic mass is 15.0. The summed E-state index contributed by atoms with van der Waals surface area (Å²) in [6.07, 6.45) is 2.23. The first-order chi connectivity index (χ1) is 15.1. The number of fused-ring (bicyclic) bond motifs is 9. The molecule has 0 N–H and O–H groups in total. The van der Waals surface area contributed by atoms with Crippen molar-refractivity contribution >= 4 is 59.8 Å². The predicted octanol–water partition coefficient (Wildman–Crippen LogP) is 6.89. The van der Waals surface area contributed by atoms with Gasteiger partial charge in [0.05, 0.1) is 27.3 Å². The number of aromatic nitrogens is 2. The zero-order chi connectivity index (χ0) is 21.0. The second-order valence-corrected chi connectivity index (χ2v) is 9.04. The Morgan fingerprint density at radius 1 is 0.645 bits per heavy atom. The topological polar surface area (TPSA) is 8.29 Å². The molecule has 0 amide bonds. The highest BCUT2D eigenvalue weighted by Gasteiger charge is 2.27. The smallest absolute Gasteiger partial charge is 0.224 e. The van der Waals surface area contributed by atoms with Crippen LogP contribution in [0.1, 0.15) is 16.7 Å². The molecule has 0 fully saturated rings. The van der Waals surface area contributed by atoms with E-state index in [0.29, 0.717) is 0 Å². The highest BCUT2D eigenvalue weighted by molar-refractivity contribution is 6.37. The van der Waals surface area contributed by atoms with Gasteiger partial charge in [0.25, 0.3) is 0 Å². The van der Waals surface area contributed by atoms with Crippen molar-refractivity contribution in [2.75, 3.05) is 0 Å². The minimum absolute atomic E-state index is 1.29. The number of aryl methyl sites for hydroxylation is 4. The molecule has 0 atom stereocenters. The summed E-state index contributed by atoms with van der Waals surface area (Å²) in [4.78, 5) is 0. The number of para-hydroxylation sites is 1. The number of hydrogen-bond donors (Lipinski definition) is 0. The Balaban J connectivity index is 2.06. The summed E-state index contributed by atoms with van der Waals surface area (Å²) in [5.74, 6) is 0. The van der Waals surface area contributed by atoms with E-state index in [1.54, 1.807) is 0 Å². The molecule has 0 bridgehead atoms. The molecule has 7 rings (SSSR count). The molecule has 4 aromatic carbocycles. The van der Waals surface area contributed by atoms with Gasteiger partial charge in [0.15, 0.2) is 6.20 Å². The van der Waals surface area contributed by atoms with Gasteiger partial charge in [0.1, 0.15) is 7.05 Å². The minimum Gasteiger partial charge on any atom is -0.307 e. The third-order valence-corrected chi connectivity index (χ3v) is 7.39. The Morgan fingerprint density at radius 2 is 1.32 bits per heavy atom. The molecule has 0 saturated carbocycles.